The van der Waals surface area contributed by atoms with E-state index in [1.807, 2.05) is 0 Å². The highest BCUT2D eigenvalue weighted by Gasteiger charge is 2.33. The standard InChI is InChI=1S/C19H30O2Si2/c1-19(2,3)23(7,8)16-13-11-9-10-12-15-21-18(20)14-17-22(4,5)6/h13,15-16H2,1-8H3. The van der Waals surface area contributed by atoms with E-state index in [4.69, 9.17) is 4.74 Å². The molecule has 0 atom stereocenters. The van der Waals surface area contributed by atoms with Crippen molar-refractivity contribution in [1.82, 2.24) is 0 Å². The summed E-state index contributed by atoms with van der Waals surface area (Å²) in [4.78, 5) is 11.4. The highest BCUT2D eigenvalue weighted by Crippen LogP contribution is 2.39. The Hall–Kier alpha value is -1.42. The lowest BCUT2D eigenvalue weighted by molar-refractivity contribution is -0.135. The van der Waals surface area contributed by atoms with Gasteiger partial charge in [-0.2, -0.15) is 0 Å². The largest absolute Gasteiger partial charge is 0.443 e. The van der Waals surface area contributed by atoms with Crippen LogP contribution in [-0.2, 0) is 9.53 Å². The van der Waals surface area contributed by atoms with Gasteiger partial charge in [-0.3, -0.25) is 0 Å². The lowest BCUT2D eigenvalue weighted by Gasteiger charge is -2.36. The van der Waals surface area contributed by atoms with Gasteiger partial charge in [0.1, 0.15) is 8.07 Å². The zero-order chi connectivity index (χ0) is 18.1. The first-order valence-corrected chi connectivity index (χ1v) is 14.7. The third kappa shape index (κ3) is 10.9. The van der Waals surface area contributed by atoms with Crippen molar-refractivity contribution in [3.63, 3.8) is 0 Å². The quantitative estimate of drug-likeness (QED) is 0.432. The summed E-state index contributed by atoms with van der Waals surface area (Å²) in [5, 5.41) is 0.394. The van der Waals surface area contributed by atoms with Gasteiger partial charge in [0.25, 0.3) is 0 Å². The molecule has 0 aromatic rings. The van der Waals surface area contributed by atoms with Crippen molar-refractivity contribution in [1.29, 1.82) is 0 Å². The van der Waals surface area contributed by atoms with Crippen LogP contribution >= 0.6 is 0 Å². The van der Waals surface area contributed by atoms with Gasteiger partial charge in [0.2, 0.25) is 0 Å². The molecule has 0 heterocycles. The van der Waals surface area contributed by atoms with Crippen LogP contribution in [0.15, 0.2) is 0 Å². The van der Waals surface area contributed by atoms with Crippen molar-refractivity contribution in [2.75, 3.05) is 6.61 Å². The monoisotopic (exact) mass is 346 g/mol. The first kappa shape index (κ1) is 21.6. The van der Waals surface area contributed by atoms with Gasteiger partial charge in [0.05, 0.1) is 8.07 Å². The van der Waals surface area contributed by atoms with Crippen LogP contribution in [0.25, 0.3) is 0 Å². The Balaban J connectivity index is 4.17. The molecule has 0 fully saturated rings. The van der Waals surface area contributed by atoms with Crippen LogP contribution in [0.2, 0.25) is 43.8 Å². The fourth-order valence-corrected chi connectivity index (χ4v) is 3.29. The molecule has 23 heavy (non-hydrogen) atoms. The summed E-state index contributed by atoms with van der Waals surface area (Å²) < 4.78 is 4.92. The summed E-state index contributed by atoms with van der Waals surface area (Å²) in [6, 6.07) is 1.17. The Morgan fingerprint density at radius 3 is 2.09 bits per heavy atom. The summed E-state index contributed by atoms with van der Waals surface area (Å²) in [5.74, 6) is 13.4. The second-order valence-corrected chi connectivity index (χ2v) is 18.8. The molecular formula is C19H30O2Si2. The minimum atomic E-state index is -1.54. The molecule has 0 saturated carbocycles. The molecule has 0 radical (unpaired) electrons. The van der Waals surface area contributed by atoms with Gasteiger partial charge in [-0.05, 0) is 28.8 Å². The fraction of sp³-hybridized carbons (Fsp3) is 0.632. The summed E-state index contributed by atoms with van der Waals surface area (Å²) in [6.45, 7) is 18.0. The molecule has 0 amide bonds. The SMILES string of the molecule is CC(C)(C)[Si](C)(C)CCC#CC#CCOC(=O)C#C[Si](C)(C)C. The Kier molecular flexibility index (Phi) is 8.46. The van der Waals surface area contributed by atoms with E-state index in [0.29, 0.717) is 5.04 Å². The van der Waals surface area contributed by atoms with E-state index >= 15 is 0 Å². The third-order valence-corrected chi connectivity index (χ3v) is 10.4. The first-order chi connectivity index (χ1) is 10.4. The van der Waals surface area contributed by atoms with Crippen LogP contribution in [0.3, 0.4) is 0 Å². The molecule has 0 aromatic heterocycles. The molecule has 0 N–H and O–H groups in total. The summed E-state index contributed by atoms with van der Waals surface area (Å²) in [5.41, 5.74) is 2.96. The normalized spacial score (nSPS) is 11.1. The second-order valence-electron chi connectivity index (χ2n) is 8.31. The van der Waals surface area contributed by atoms with E-state index in [9.17, 15) is 4.79 Å². The van der Waals surface area contributed by atoms with E-state index < -0.39 is 22.1 Å². The van der Waals surface area contributed by atoms with E-state index in [2.05, 4.69) is 88.7 Å². The van der Waals surface area contributed by atoms with Crippen LogP contribution in [0.1, 0.15) is 27.2 Å². The number of rotatable bonds is 3. The number of esters is 1. The highest BCUT2D eigenvalue weighted by atomic mass is 28.3. The maximum atomic E-state index is 11.4. The van der Waals surface area contributed by atoms with Crippen LogP contribution in [0.4, 0.5) is 0 Å². The maximum absolute atomic E-state index is 11.4. The third-order valence-electron chi connectivity index (χ3n) is 3.96. The molecule has 0 aromatic carbocycles. The van der Waals surface area contributed by atoms with Crippen LogP contribution in [0.5, 0.6) is 0 Å². The average Bonchev–Trinajstić information content (AvgIpc) is 2.37. The molecule has 126 valence electrons. The van der Waals surface area contributed by atoms with Gasteiger partial charge in [0.15, 0.2) is 6.61 Å². The second kappa shape index (κ2) is 9.02. The van der Waals surface area contributed by atoms with Crippen LogP contribution in [-0.4, -0.2) is 28.7 Å². The minimum absolute atomic E-state index is 0.0517. The Labute approximate surface area is 144 Å². The first-order valence-electron chi connectivity index (χ1n) is 8.01. The van der Waals surface area contributed by atoms with Gasteiger partial charge < -0.3 is 4.74 Å². The van der Waals surface area contributed by atoms with Crippen LogP contribution in [0, 0.1) is 35.1 Å². The minimum Gasteiger partial charge on any atom is -0.443 e. The topological polar surface area (TPSA) is 26.3 Å². The lowest BCUT2D eigenvalue weighted by Crippen LogP contribution is -2.36. The molecule has 0 aliphatic heterocycles. The number of hydrogen-bond acceptors (Lipinski definition) is 2. The van der Waals surface area contributed by atoms with E-state index in [-0.39, 0.29) is 6.61 Å². The number of hydrogen-bond donors (Lipinski definition) is 0. The zero-order valence-corrected chi connectivity index (χ0v) is 17.9. The highest BCUT2D eigenvalue weighted by molar-refractivity contribution is 6.84. The molecule has 0 spiro atoms. The molecule has 0 aliphatic rings. The molecule has 0 unspecified atom stereocenters. The number of carbonyl (C=O) groups excluding carboxylic acids is 1. The summed E-state index contributed by atoms with van der Waals surface area (Å²) in [7, 11) is -2.79. The van der Waals surface area contributed by atoms with Gasteiger partial charge in [-0.1, -0.05) is 59.4 Å². The Morgan fingerprint density at radius 2 is 1.57 bits per heavy atom. The molecular weight excluding hydrogens is 316 g/mol. The van der Waals surface area contributed by atoms with Crippen LogP contribution < -0.4 is 0 Å². The smallest absolute Gasteiger partial charge is 0.384 e. The molecule has 0 rings (SSSR count). The Bertz CT molecular complexity index is 585. The zero-order valence-electron chi connectivity index (χ0n) is 15.9. The predicted octanol–water partition coefficient (Wildman–Crippen LogP) is 4.32. The van der Waals surface area contributed by atoms with Gasteiger partial charge in [0, 0.05) is 12.3 Å². The van der Waals surface area contributed by atoms with Crippen molar-refractivity contribution in [3.05, 3.63) is 0 Å². The van der Waals surface area contributed by atoms with Crippen molar-refractivity contribution >= 4 is 22.1 Å². The van der Waals surface area contributed by atoms with Gasteiger partial charge >= 0.3 is 5.97 Å². The molecule has 4 heteroatoms. The molecule has 0 bridgehead atoms. The summed E-state index contributed by atoms with van der Waals surface area (Å²) in [6.07, 6.45) is 0.882. The van der Waals surface area contributed by atoms with Crippen molar-refractivity contribution in [2.24, 2.45) is 0 Å². The van der Waals surface area contributed by atoms with E-state index in [0.717, 1.165) is 6.42 Å². The number of ether oxygens (including phenoxy) is 1. The van der Waals surface area contributed by atoms with Gasteiger partial charge in [-0.25, -0.2) is 4.79 Å². The van der Waals surface area contributed by atoms with E-state index in [1.54, 1.807) is 0 Å². The summed E-state index contributed by atoms with van der Waals surface area (Å²) >= 11 is 0. The lowest BCUT2D eigenvalue weighted by atomic mass is 10.2. The molecule has 0 aliphatic carbocycles. The predicted molar refractivity (Wildman–Crippen MR) is 104 cm³/mol. The van der Waals surface area contributed by atoms with Crippen molar-refractivity contribution in [3.8, 4) is 35.1 Å². The Morgan fingerprint density at radius 1 is 1.00 bits per heavy atom. The molecule has 2 nitrogen and oxygen atoms in total. The van der Waals surface area contributed by atoms with E-state index in [1.165, 1.54) is 6.04 Å². The average molecular weight is 347 g/mol. The van der Waals surface area contributed by atoms with Crippen molar-refractivity contribution < 1.29 is 9.53 Å². The molecule has 0 saturated heterocycles. The number of carbonyl (C=O) groups is 1. The maximum Gasteiger partial charge on any atom is 0.384 e. The van der Waals surface area contributed by atoms with Crippen molar-refractivity contribution in [2.45, 2.75) is 71.0 Å². The fourth-order valence-electron chi connectivity index (χ4n) is 1.31. The van der Waals surface area contributed by atoms with Gasteiger partial charge in [-0.15, -0.1) is 5.54 Å².